The molecule has 1 aliphatic carbocycles. The van der Waals surface area contributed by atoms with Gasteiger partial charge in [0.05, 0.1) is 0 Å². The molecule has 0 aromatic rings. The van der Waals surface area contributed by atoms with Crippen LogP contribution in [0.2, 0.25) is 0 Å². The minimum absolute atomic E-state index is 1.26. The molecule has 10 heavy (non-hydrogen) atoms. The molecule has 52 valence electrons. The Labute approximate surface area is 66.4 Å². The van der Waals surface area contributed by atoms with E-state index in [1.54, 1.807) is 4.91 Å². The van der Waals surface area contributed by atoms with Crippen molar-refractivity contribution in [2.24, 2.45) is 0 Å². The van der Waals surface area contributed by atoms with Crippen LogP contribution in [0.3, 0.4) is 0 Å². The minimum Gasteiger partial charge on any atom is -0.103 e. The molecule has 0 unspecified atom stereocenters. The van der Waals surface area contributed by atoms with Crippen molar-refractivity contribution in [3.8, 4) is 0 Å². The molecule has 0 N–H and O–H groups in total. The number of rotatable bonds is 0. The van der Waals surface area contributed by atoms with E-state index in [1.807, 2.05) is 17.8 Å². The molecular weight excluding hydrogens is 140 g/mol. The molecule has 1 heteroatoms. The van der Waals surface area contributed by atoms with Crippen molar-refractivity contribution >= 4 is 11.8 Å². The van der Waals surface area contributed by atoms with Gasteiger partial charge < -0.3 is 0 Å². The first-order valence-corrected chi connectivity index (χ1v) is 4.65. The van der Waals surface area contributed by atoms with Gasteiger partial charge in [0, 0.05) is 6.42 Å². The van der Waals surface area contributed by atoms with E-state index >= 15 is 0 Å². The van der Waals surface area contributed by atoms with Crippen LogP contribution in [0.4, 0.5) is 0 Å². The summed E-state index contributed by atoms with van der Waals surface area (Å²) in [4.78, 5) is 1.56. The summed E-state index contributed by atoms with van der Waals surface area (Å²) in [6, 6.07) is 0. The third kappa shape index (κ3) is 1.15. The lowest BCUT2D eigenvalue weighted by atomic mass is 9.97. The van der Waals surface area contributed by atoms with Crippen LogP contribution >= 0.6 is 11.8 Å². The summed E-state index contributed by atoms with van der Waals surface area (Å²) in [5, 5.41) is 2.13. The molecule has 1 aliphatic heterocycles. The Morgan fingerprint density at radius 3 is 3.10 bits per heavy atom. The third-order valence-corrected chi connectivity index (χ3v) is 2.96. The fraction of sp³-hybridized carbons (Fsp3) is 0.444. The van der Waals surface area contributed by atoms with Crippen LogP contribution < -0.4 is 0 Å². The minimum atomic E-state index is 1.26. The van der Waals surface area contributed by atoms with E-state index in [0.29, 0.717) is 0 Å². The van der Waals surface area contributed by atoms with Gasteiger partial charge in [0.15, 0.2) is 0 Å². The second-order valence-corrected chi connectivity index (χ2v) is 3.67. The van der Waals surface area contributed by atoms with Gasteiger partial charge in [-0.3, -0.25) is 0 Å². The molecule has 0 amide bonds. The zero-order valence-corrected chi connectivity index (χ0v) is 6.71. The summed E-state index contributed by atoms with van der Waals surface area (Å²) in [6.45, 7) is 0. The average Bonchev–Trinajstić information content (AvgIpc) is 2.05. The zero-order valence-electron chi connectivity index (χ0n) is 5.89. The molecule has 0 spiro atoms. The highest BCUT2D eigenvalue weighted by atomic mass is 32.2. The Kier molecular flexibility index (Phi) is 1.85. The molecule has 0 saturated carbocycles. The van der Waals surface area contributed by atoms with E-state index in [2.05, 4.69) is 11.8 Å². The van der Waals surface area contributed by atoms with E-state index in [-0.39, 0.29) is 0 Å². The maximum Gasteiger partial charge on any atom is 0.0392 e. The molecule has 1 heterocycles. The maximum absolute atomic E-state index is 3.30. The second kappa shape index (κ2) is 2.83. The summed E-state index contributed by atoms with van der Waals surface area (Å²) < 4.78 is 0. The van der Waals surface area contributed by atoms with Crippen LogP contribution in [0.15, 0.2) is 22.0 Å². The van der Waals surface area contributed by atoms with Gasteiger partial charge in [-0.2, -0.15) is 0 Å². The van der Waals surface area contributed by atoms with E-state index in [1.165, 1.54) is 31.3 Å². The van der Waals surface area contributed by atoms with E-state index in [9.17, 15) is 0 Å². The molecule has 2 rings (SSSR count). The lowest BCUT2D eigenvalue weighted by Crippen LogP contribution is -1.98. The van der Waals surface area contributed by atoms with Crippen LogP contribution in [0, 0.1) is 6.42 Å². The van der Waals surface area contributed by atoms with Gasteiger partial charge in [0.2, 0.25) is 0 Å². The zero-order chi connectivity index (χ0) is 6.81. The summed E-state index contributed by atoms with van der Waals surface area (Å²) in [5.41, 5.74) is 1.47. The lowest BCUT2D eigenvalue weighted by Gasteiger charge is -2.19. The Balaban J connectivity index is 2.17. The monoisotopic (exact) mass is 150 g/mol. The summed E-state index contributed by atoms with van der Waals surface area (Å²) in [7, 11) is 0. The predicted molar refractivity (Wildman–Crippen MR) is 45.5 cm³/mol. The van der Waals surface area contributed by atoms with Crippen molar-refractivity contribution in [2.75, 3.05) is 0 Å². The van der Waals surface area contributed by atoms with Gasteiger partial charge in [-0.1, -0.05) is 6.08 Å². The van der Waals surface area contributed by atoms with Crippen molar-refractivity contribution in [1.29, 1.82) is 0 Å². The second-order valence-electron chi connectivity index (χ2n) is 2.67. The van der Waals surface area contributed by atoms with E-state index in [4.69, 9.17) is 0 Å². The highest BCUT2D eigenvalue weighted by Crippen LogP contribution is 2.37. The van der Waals surface area contributed by atoms with Gasteiger partial charge in [-0.15, -0.1) is 11.8 Å². The Morgan fingerprint density at radius 2 is 2.20 bits per heavy atom. The first-order chi connectivity index (χ1) is 4.97. The largest absolute Gasteiger partial charge is 0.103 e. The molecule has 0 saturated heterocycles. The maximum atomic E-state index is 3.30. The Morgan fingerprint density at radius 1 is 1.30 bits per heavy atom. The molecule has 2 radical (unpaired) electrons. The molecule has 2 aliphatic rings. The van der Waals surface area contributed by atoms with Crippen LogP contribution in [-0.2, 0) is 0 Å². The molecule has 0 atom stereocenters. The highest BCUT2D eigenvalue weighted by molar-refractivity contribution is 8.05. The van der Waals surface area contributed by atoms with Crippen LogP contribution in [0.1, 0.15) is 25.7 Å². The van der Waals surface area contributed by atoms with Crippen molar-refractivity contribution in [3.63, 3.8) is 0 Å². The highest BCUT2D eigenvalue weighted by Gasteiger charge is 2.13. The molecule has 0 aromatic carbocycles. The van der Waals surface area contributed by atoms with Crippen molar-refractivity contribution in [2.45, 2.75) is 25.7 Å². The normalized spacial score (nSPS) is 24.8. The number of hydrogen-bond donors (Lipinski definition) is 0. The molecule has 0 fully saturated rings. The van der Waals surface area contributed by atoms with Crippen molar-refractivity contribution in [1.82, 2.24) is 0 Å². The first-order valence-electron chi connectivity index (χ1n) is 3.77. The number of allylic oxidation sites excluding steroid dienone is 3. The molecular formula is C9H10S. The summed E-state index contributed by atoms with van der Waals surface area (Å²) in [5.74, 6) is 0. The number of hydrogen-bond acceptors (Lipinski definition) is 1. The topological polar surface area (TPSA) is 0 Å². The van der Waals surface area contributed by atoms with E-state index < -0.39 is 0 Å². The Bertz CT molecular complexity index is 169. The SMILES string of the molecule is [C]1C=CSC2=C1CCCC2. The van der Waals surface area contributed by atoms with Crippen molar-refractivity contribution < 1.29 is 0 Å². The number of thioether (sulfide) groups is 1. The van der Waals surface area contributed by atoms with Gasteiger partial charge >= 0.3 is 0 Å². The summed E-state index contributed by atoms with van der Waals surface area (Å²) >= 11 is 1.88. The predicted octanol–water partition coefficient (Wildman–Crippen LogP) is 3.16. The molecule has 0 nitrogen and oxygen atoms in total. The first kappa shape index (κ1) is 6.53. The van der Waals surface area contributed by atoms with Crippen LogP contribution in [0.5, 0.6) is 0 Å². The molecule has 0 aromatic heterocycles. The molecule has 0 bridgehead atoms. The Hall–Kier alpha value is -0.170. The third-order valence-electron chi connectivity index (χ3n) is 1.95. The fourth-order valence-corrected chi connectivity index (χ4v) is 2.28. The van der Waals surface area contributed by atoms with E-state index in [0.717, 1.165) is 0 Å². The van der Waals surface area contributed by atoms with Gasteiger partial charge in [-0.25, -0.2) is 0 Å². The van der Waals surface area contributed by atoms with Crippen molar-refractivity contribution in [3.05, 3.63) is 28.4 Å². The quantitative estimate of drug-likeness (QED) is 0.511. The standard InChI is InChI=1S/C9H10S/c1-2-6-9-8(4-1)5-3-7-10-9/h3,7H,1-2,4,6H2. The fourth-order valence-electron chi connectivity index (χ4n) is 1.41. The van der Waals surface area contributed by atoms with Crippen LogP contribution in [0.25, 0.3) is 0 Å². The van der Waals surface area contributed by atoms with Crippen LogP contribution in [-0.4, -0.2) is 0 Å². The summed E-state index contributed by atoms with van der Waals surface area (Å²) in [6.07, 6.45) is 10.6. The van der Waals surface area contributed by atoms with Gasteiger partial charge in [-0.05, 0) is 41.6 Å². The van der Waals surface area contributed by atoms with Gasteiger partial charge in [0.25, 0.3) is 0 Å². The lowest BCUT2D eigenvalue weighted by molar-refractivity contribution is 0.700. The average molecular weight is 150 g/mol. The smallest absolute Gasteiger partial charge is 0.0392 e. The van der Waals surface area contributed by atoms with Gasteiger partial charge in [0.1, 0.15) is 0 Å².